The Morgan fingerprint density at radius 3 is 2.35 bits per heavy atom. The summed E-state index contributed by atoms with van der Waals surface area (Å²) in [7, 11) is 3.27. The van der Waals surface area contributed by atoms with E-state index >= 15 is 0 Å². The third kappa shape index (κ3) is 1.94. The summed E-state index contributed by atoms with van der Waals surface area (Å²) in [5.41, 5.74) is 0.353. The van der Waals surface area contributed by atoms with E-state index < -0.39 is 5.41 Å². The van der Waals surface area contributed by atoms with E-state index in [1.807, 2.05) is 13.0 Å². The lowest BCUT2D eigenvalue weighted by Gasteiger charge is -2.27. The second-order valence-corrected chi connectivity index (χ2v) is 5.39. The van der Waals surface area contributed by atoms with Gasteiger partial charge in [-0.1, -0.05) is 0 Å². The van der Waals surface area contributed by atoms with E-state index in [9.17, 15) is 9.59 Å². The lowest BCUT2D eigenvalue weighted by Crippen LogP contribution is -2.47. The normalized spacial score (nSPS) is 17.9. The van der Waals surface area contributed by atoms with Crippen molar-refractivity contribution in [1.82, 2.24) is 0 Å². The minimum absolute atomic E-state index is 0.191. The maximum Gasteiger partial charge on any atom is 0.242 e. The molecule has 2 amide bonds. The highest BCUT2D eigenvalue weighted by Gasteiger charge is 2.45. The molecule has 1 aromatic carbocycles. The molecule has 20 heavy (non-hydrogen) atoms. The van der Waals surface area contributed by atoms with E-state index in [0.717, 1.165) is 5.69 Å². The number of methoxy groups -OCH3 is 1. The smallest absolute Gasteiger partial charge is 0.242 e. The molecular formula is C15H20N2O3. The van der Waals surface area contributed by atoms with Gasteiger partial charge in [0.25, 0.3) is 0 Å². The number of fused-ring (bicyclic) bond motifs is 1. The Balaban J connectivity index is 2.69. The summed E-state index contributed by atoms with van der Waals surface area (Å²) in [5.74, 6) is 0.268. The van der Waals surface area contributed by atoms with Gasteiger partial charge < -0.3 is 14.5 Å². The summed E-state index contributed by atoms with van der Waals surface area (Å²) in [6.45, 7) is 5.73. The van der Waals surface area contributed by atoms with Crippen LogP contribution >= 0.6 is 0 Å². The van der Waals surface area contributed by atoms with Crippen LogP contribution in [0.25, 0.3) is 0 Å². The van der Waals surface area contributed by atoms with Crippen molar-refractivity contribution < 1.29 is 14.3 Å². The summed E-state index contributed by atoms with van der Waals surface area (Å²) >= 11 is 0. The van der Waals surface area contributed by atoms with E-state index in [1.165, 1.54) is 0 Å². The van der Waals surface area contributed by atoms with E-state index in [0.29, 0.717) is 18.0 Å². The van der Waals surface area contributed by atoms with Gasteiger partial charge in [-0.05, 0) is 32.9 Å². The average Bonchev–Trinajstić information content (AvgIpc) is 2.49. The number of anilines is 2. The highest BCUT2D eigenvalue weighted by molar-refractivity contribution is 6.19. The van der Waals surface area contributed by atoms with Crippen molar-refractivity contribution in [3.05, 3.63) is 18.2 Å². The van der Waals surface area contributed by atoms with E-state index in [4.69, 9.17) is 4.74 Å². The van der Waals surface area contributed by atoms with Crippen molar-refractivity contribution in [3.8, 4) is 5.75 Å². The predicted octanol–water partition coefficient (Wildman–Crippen LogP) is 2.05. The van der Waals surface area contributed by atoms with Crippen LogP contribution in [0, 0.1) is 5.41 Å². The fourth-order valence-corrected chi connectivity index (χ4v) is 2.51. The molecule has 0 aliphatic carbocycles. The van der Waals surface area contributed by atoms with Crippen LogP contribution < -0.4 is 14.5 Å². The van der Waals surface area contributed by atoms with Crippen molar-refractivity contribution in [2.45, 2.75) is 20.8 Å². The first-order valence-corrected chi connectivity index (χ1v) is 6.62. The molecular weight excluding hydrogens is 256 g/mol. The SMILES string of the molecule is CCN1C(=O)C(C)(C)C(=O)N(C)c2ccc(OC)cc21. The maximum absolute atomic E-state index is 12.7. The standard InChI is InChI=1S/C15H20N2O3/c1-6-17-12-9-10(20-5)7-8-11(12)16(4)13(18)15(2,3)14(17)19/h7-9H,6H2,1-5H3. The van der Waals surface area contributed by atoms with Crippen molar-refractivity contribution in [3.63, 3.8) is 0 Å². The first kappa shape index (κ1) is 14.4. The molecule has 0 saturated heterocycles. The summed E-state index contributed by atoms with van der Waals surface area (Å²) in [5, 5.41) is 0. The zero-order valence-corrected chi connectivity index (χ0v) is 12.6. The number of ether oxygens (including phenoxy) is 1. The number of carbonyl (C=O) groups is 2. The van der Waals surface area contributed by atoms with Crippen LogP contribution in [0.4, 0.5) is 11.4 Å². The average molecular weight is 276 g/mol. The molecule has 5 nitrogen and oxygen atoms in total. The van der Waals surface area contributed by atoms with Gasteiger partial charge in [0.05, 0.1) is 18.5 Å². The molecule has 0 radical (unpaired) electrons. The Kier molecular flexibility index (Phi) is 3.46. The van der Waals surface area contributed by atoms with Gasteiger partial charge in [0.2, 0.25) is 11.8 Å². The third-order valence-electron chi connectivity index (χ3n) is 3.77. The van der Waals surface area contributed by atoms with Gasteiger partial charge in [-0.2, -0.15) is 0 Å². The van der Waals surface area contributed by atoms with E-state index in [1.54, 1.807) is 49.9 Å². The molecule has 0 fully saturated rings. The van der Waals surface area contributed by atoms with Gasteiger partial charge in [0.1, 0.15) is 11.2 Å². The van der Waals surface area contributed by atoms with Crippen LogP contribution in [-0.4, -0.2) is 32.5 Å². The number of hydrogen-bond acceptors (Lipinski definition) is 3. The largest absolute Gasteiger partial charge is 0.497 e. The fraction of sp³-hybridized carbons (Fsp3) is 0.467. The number of rotatable bonds is 2. The van der Waals surface area contributed by atoms with Gasteiger partial charge >= 0.3 is 0 Å². The highest BCUT2D eigenvalue weighted by Crippen LogP contribution is 2.39. The lowest BCUT2D eigenvalue weighted by molar-refractivity contribution is -0.137. The van der Waals surface area contributed by atoms with E-state index in [-0.39, 0.29) is 11.8 Å². The number of carbonyl (C=O) groups excluding carboxylic acids is 2. The molecule has 0 N–H and O–H groups in total. The van der Waals surface area contributed by atoms with Gasteiger partial charge in [-0.3, -0.25) is 9.59 Å². The summed E-state index contributed by atoms with van der Waals surface area (Å²) < 4.78 is 5.22. The second-order valence-electron chi connectivity index (χ2n) is 5.39. The number of nitrogens with zero attached hydrogens (tertiary/aromatic N) is 2. The molecule has 0 atom stereocenters. The number of amides is 2. The molecule has 0 saturated carbocycles. The molecule has 0 bridgehead atoms. The Hall–Kier alpha value is -2.04. The first-order chi connectivity index (χ1) is 9.34. The highest BCUT2D eigenvalue weighted by atomic mass is 16.5. The van der Waals surface area contributed by atoms with Crippen molar-refractivity contribution in [1.29, 1.82) is 0 Å². The topological polar surface area (TPSA) is 49.9 Å². The Morgan fingerprint density at radius 2 is 1.80 bits per heavy atom. The van der Waals surface area contributed by atoms with Gasteiger partial charge in [0, 0.05) is 19.7 Å². The minimum Gasteiger partial charge on any atom is -0.497 e. The molecule has 0 unspecified atom stereocenters. The van der Waals surface area contributed by atoms with Gasteiger partial charge in [-0.15, -0.1) is 0 Å². The number of hydrogen-bond donors (Lipinski definition) is 0. The van der Waals surface area contributed by atoms with Crippen LogP contribution in [0.15, 0.2) is 18.2 Å². The van der Waals surface area contributed by atoms with Crippen LogP contribution in [0.3, 0.4) is 0 Å². The van der Waals surface area contributed by atoms with Crippen LogP contribution in [0.2, 0.25) is 0 Å². The monoisotopic (exact) mass is 276 g/mol. The zero-order valence-electron chi connectivity index (χ0n) is 12.6. The second kappa shape index (κ2) is 4.81. The molecule has 0 spiro atoms. The molecule has 108 valence electrons. The Morgan fingerprint density at radius 1 is 1.15 bits per heavy atom. The summed E-state index contributed by atoms with van der Waals surface area (Å²) in [6, 6.07) is 5.39. The maximum atomic E-state index is 12.7. The van der Waals surface area contributed by atoms with Crippen LogP contribution in [0.5, 0.6) is 5.75 Å². The fourth-order valence-electron chi connectivity index (χ4n) is 2.51. The van der Waals surface area contributed by atoms with Gasteiger partial charge in [0.15, 0.2) is 0 Å². The molecule has 5 heteroatoms. The van der Waals surface area contributed by atoms with Gasteiger partial charge in [-0.25, -0.2) is 0 Å². The Labute approximate surface area is 119 Å². The molecule has 0 aromatic heterocycles. The molecule has 1 aliphatic heterocycles. The van der Waals surface area contributed by atoms with Crippen molar-refractivity contribution in [2.75, 3.05) is 30.5 Å². The van der Waals surface area contributed by atoms with Crippen LogP contribution in [0.1, 0.15) is 20.8 Å². The van der Waals surface area contributed by atoms with Crippen molar-refractivity contribution >= 4 is 23.2 Å². The van der Waals surface area contributed by atoms with Crippen molar-refractivity contribution in [2.24, 2.45) is 5.41 Å². The third-order valence-corrected chi connectivity index (χ3v) is 3.77. The Bertz CT molecular complexity index is 566. The quantitative estimate of drug-likeness (QED) is 0.777. The molecule has 1 aromatic rings. The van der Waals surface area contributed by atoms with E-state index in [2.05, 4.69) is 0 Å². The minimum atomic E-state index is -1.07. The first-order valence-electron chi connectivity index (χ1n) is 6.62. The zero-order chi connectivity index (χ0) is 15.1. The molecule has 1 heterocycles. The number of benzene rings is 1. The van der Waals surface area contributed by atoms with Crippen LogP contribution in [-0.2, 0) is 9.59 Å². The summed E-state index contributed by atoms with van der Waals surface area (Å²) in [4.78, 5) is 28.3. The molecule has 1 aliphatic rings. The molecule has 2 rings (SSSR count). The predicted molar refractivity (Wildman–Crippen MR) is 78.2 cm³/mol. The summed E-state index contributed by atoms with van der Waals surface area (Å²) in [6.07, 6.45) is 0. The lowest BCUT2D eigenvalue weighted by atomic mass is 9.90.